The third kappa shape index (κ3) is 59.8. The van der Waals surface area contributed by atoms with E-state index in [-0.39, 0.29) is 31.3 Å². The molecule has 0 fully saturated rings. The van der Waals surface area contributed by atoms with Crippen molar-refractivity contribution in [3.63, 3.8) is 0 Å². The molecule has 0 aliphatic heterocycles. The monoisotopic (exact) mass is 1140 g/mol. The highest BCUT2D eigenvalue weighted by Gasteiger charge is 2.27. The van der Waals surface area contributed by atoms with Crippen molar-refractivity contribution < 1.29 is 37.3 Å². The van der Waals surface area contributed by atoms with Gasteiger partial charge in [0.2, 0.25) is 5.91 Å². The lowest BCUT2D eigenvalue weighted by molar-refractivity contribution is -0.870. The number of esters is 1. The normalized spacial score (nSPS) is 14.1. The van der Waals surface area contributed by atoms with Crippen LogP contribution in [0.5, 0.6) is 0 Å². The van der Waals surface area contributed by atoms with Gasteiger partial charge in [-0.05, 0) is 89.5 Å². The van der Waals surface area contributed by atoms with Gasteiger partial charge in [-0.1, -0.05) is 280 Å². The molecule has 0 saturated heterocycles. The summed E-state index contributed by atoms with van der Waals surface area (Å²) in [4.78, 5) is 40.0. The number of ether oxygens (including phenoxy) is 1. The van der Waals surface area contributed by atoms with Crippen LogP contribution in [0.1, 0.15) is 297 Å². The topological polar surface area (TPSA) is 114 Å². The zero-order valence-electron chi connectivity index (χ0n) is 53.0. The second-order valence-corrected chi connectivity index (χ2v) is 25.0. The Balaban J connectivity index is 5.06. The summed E-state index contributed by atoms with van der Waals surface area (Å²) in [6, 6.07) is -0.930. The lowest BCUT2D eigenvalue weighted by Crippen LogP contribution is -2.47. The Kier molecular flexibility index (Phi) is 57.3. The van der Waals surface area contributed by atoms with Crippen LogP contribution in [0.15, 0.2) is 85.1 Å². The second-order valence-electron chi connectivity index (χ2n) is 23.6. The largest absolute Gasteiger partial charge is 0.756 e. The van der Waals surface area contributed by atoms with E-state index in [0.29, 0.717) is 17.4 Å². The van der Waals surface area contributed by atoms with E-state index < -0.39 is 26.6 Å². The molecule has 0 rings (SSSR count). The Bertz CT molecular complexity index is 1640. The number of rotatable bonds is 60. The molecule has 0 aromatic heterocycles. The molecule has 10 heteroatoms. The Hall–Kier alpha value is -2.81. The van der Waals surface area contributed by atoms with Gasteiger partial charge in [0.25, 0.3) is 7.82 Å². The average Bonchev–Trinajstić information content (AvgIpc) is 3.43. The number of phosphoric acid groups is 1. The first-order valence-electron chi connectivity index (χ1n) is 33.4. The van der Waals surface area contributed by atoms with Crippen molar-refractivity contribution in [2.24, 2.45) is 0 Å². The molecule has 464 valence electrons. The highest BCUT2D eigenvalue weighted by Crippen LogP contribution is 2.38. The van der Waals surface area contributed by atoms with Crippen molar-refractivity contribution in [1.82, 2.24) is 5.32 Å². The smallest absolute Gasteiger partial charge is 0.306 e. The number of carbonyl (C=O) groups excluding carboxylic acids is 2. The first-order valence-corrected chi connectivity index (χ1v) is 34.9. The fraction of sp³-hybridized carbons (Fsp3) is 0.771. The summed E-state index contributed by atoms with van der Waals surface area (Å²) in [7, 11) is 1.14. The van der Waals surface area contributed by atoms with Gasteiger partial charge in [0.1, 0.15) is 19.3 Å². The van der Waals surface area contributed by atoms with Crippen molar-refractivity contribution in [2.75, 3.05) is 40.9 Å². The molecular formula is C70H127N2O7P. The number of likely N-dealkylation sites (N-methyl/N-ethyl adjacent to an activating group) is 1. The first-order chi connectivity index (χ1) is 38.9. The molecule has 3 unspecified atom stereocenters. The molecule has 0 aliphatic carbocycles. The summed E-state index contributed by atoms with van der Waals surface area (Å²) in [5.74, 6) is -0.633. The van der Waals surface area contributed by atoms with E-state index in [0.717, 1.165) is 70.6 Å². The maximum absolute atomic E-state index is 13.5. The Morgan fingerprint density at radius 2 is 0.812 bits per heavy atom. The van der Waals surface area contributed by atoms with E-state index in [2.05, 4.69) is 86.8 Å². The minimum absolute atomic E-state index is 0.0376. The zero-order valence-corrected chi connectivity index (χ0v) is 53.9. The summed E-state index contributed by atoms with van der Waals surface area (Å²) in [6.07, 6.45) is 78.8. The molecule has 0 aromatic carbocycles. The lowest BCUT2D eigenvalue weighted by atomic mass is 10.0. The van der Waals surface area contributed by atoms with Crippen molar-refractivity contribution in [2.45, 2.75) is 309 Å². The van der Waals surface area contributed by atoms with Crippen molar-refractivity contribution in [1.29, 1.82) is 0 Å². The molecule has 0 heterocycles. The highest BCUT2D eigenvalue weighted by molar-refractivity contribution is 7.45. The van der Waals surface area contributed by atoms with E-state index in [1.54, 1.807) is 0 Å². The maximum Gasteiger partial charge on any atom is 0.306 e. The van der Waals surface area contributed by atoms with E-state index in [1.165, 1.54) is 186 Å². The molecule has 0 aromatic rings. The van der Waals surface area contributed by atoms with Crippen LogP contribution in [0.4, 0.5) is 0 Å². The van der Waals surface area contributed by atoms with Crippen molar-refractivity contribution in [3.05, 3.63) is 85.1 Å². The quantitative estimate of drug-likeness (QED) is 0.0212. The third-order valence-electron chi connectivity index (χ3n) is 14.6. The van der Waals surface area contributed by atoms with Crippen LogP contribution in [0, 0.1) is 0 Å². The van der Waals surface area contributed by atoms with Gasteiger partial charge in [0.05, 0.1) is 33.8 Å². The Morgan fingerprint density at radius 1 is 0.450 bits per heavy atom. The number of allylic oxidation sites excluding steroid dienone is 13. The number of nitrogens with one attached hydrogen (secondary N) is 1. The summed E-state index contributed by atoms with van der Waals surface area (Å²) < 4.78 is 30.3. The van der Waals surface area contributed by atoms with Crippen LogP contribution in [-0.4, -0.2) is 69.4 Å². The van der Waals surface area contributed by atoms with E-state index in [9.17, 15) is 19.0 Å². The fourth-order valence-electron chi connectivity index (χ4n) is 9.45. The SMILES string of the molecule is CC/C=C/C/C=C/C/C=C/C/C=C/C/C=C/CCC(=O)NC(COP(=O)([O-])OCC[N+](C)(C)C)C(/C=C\CCCCCCCCCCC)OC(=O)CCCCCCCCCCCCCCCCCCC/C=C/CCCCCCCC. The predicted octanol–water partition coefficient (Wildman–Crippen LogP) is 20.3. The van der Waals surface area contributed by atoms with Gasteiger partial charge in [-0.3, -0.25) is 14.2 Å². The molecule has 0 bridgehead atoms. The summed E-state index contributed by atoms with van der Waals surface area (Å²) >= 11 is 0. The molecule has 0 aliphatic rings. The highest BCUT2D eigenvalue weighted by atomic mass is 31.2. The number of quaternary nitrogens is 1. The van der Waals surface area contributed by atoms with Crippen LogP contribution in [0.25, 0.3) is 0 Å². The zero-order chi connectivity index (χ0) is 58.6. The Labute approximate surface area is 495 Å². The van der Waals surface area contributed by atoms with E-state index in [4.69, 9.17) is 13.8 Å². The summed E-state index contributed by atoms with van der Waals surface area (Å²) in [5.41, 5.74) is 0. The van der Waals surface area contributed by atoms with Crippen LogP contribution in [0.2, 0.25) is 0 Å². The van der Waals surface area contributed by atoms with Crippen LogP contribution < -0.4 is 10.2 Å². The minimum Gasteiger partial charge on any atom is -0.756 e. The lowest BCUT2D eigenvalue weighted by Gasteiger charge is -2.30. The van der Waals surface area contributed by atoms with Crippen LogP contribution in [0.3, 0.4) is 0 Å². The molecule has 0 spiro atoms. The van der Waals surface area contributed by atoms with Gasteiger partial charge in [0.15, 0.2) is 0 Å². The molecule has 0 radical (unpaired) electrons. The number of unbranched alkanes of at least 4 members (excludes halogenated alkanes) is 32. The molecule has 1 N–H and O–H groups in total. The average molecular weight is 1140 g/mol. The van der Waals surface area contributed by atoms with Gasteiger partial charge < -0.3 is 28.5 Å². The van der Waals surface area contributed by atoms with E-state index >= 15 is 0 Å². The molecule has 0 saturated carbocycles. The van der Waals surface area contributed by atoms with Gasteiger partial charge >= 0.3 is 5.97 Å². The summed E-state index contributed by atoms with van der Waals surface area (Å²) in [5, 5.41) is 2.98. The fourth-order valence-corrected chi connectivity index (χ4v) is 10.2. The number of carbonyl (C=O) groups is 2. The molecule has 9 nitrogen and oxygen atoms in total. The predicted molar refractivity (Wildman–Crippen MR) is 344 cm³/mol. The molecular weight excluding hydrogens is 1010 g/mol. The van der Waals surface area contributed by atoms with Gasteiger partial charge in [-0.2, -0.15) is 0 Å². The first kappa shape index (κ1) is 77.2. The minimum atomic E-state index is -4.72. The number of hydrogen-bond donors (Lipinski definition) is 1. The Morgan fingerprint density at radius 3 is 1.23 bits per heavy atom. The number of phosphoric ester groups is 1. The third-order valence-corrected chi connectivity index (χ3v) is 15.5. The molecule has 3 atom stereocenters. The number of nitrogens with zero attached hydrogens (tertiary/aromatic N) is 1. The molecule has 80 heavy (non-hydrogen) atoms. The van der Waals surface area contributed by atoms with Gasteiger partial charge in [0, 0.05) is 12.8 Å². The van der Waals surface area contributed by atoms with E-state index in [1.807, 2.05) is 45.4 Å². The van der Waals surface area contributed by atoms with Gasteiger partial charge in [-0.25, -0.2) is 0 Å². The standard InChI is InChI=1S/C70H127N2O7P/c1-7-10-13-16-19-22-25-27-29-31-32-33-34-35-36-37-38-39-40-41-43-45-48-51-54-57-60-63-70(74)79-68(61-58-55-52-49-46-24-21-18-15-12-9-3)67(66-78-80(75,76)77-65-64-72(4,5)6)71-69(73)62-59-56-53-50-47-44-42-30-28-26-23-20-17-14-11-8-2/h11,14,20,23,27-30,44,47,53,56,58,61,67-68H,7-10,12-13,15-19,21-22,24-26,31-43,45-46,48-52,54-55,57,59-60,62-66H2,1-6H3,(H-,71,73,75,76)/b14-11+,23-20+,29-27+,30-28+,47-44+,56-53+,61-58-. The number of amides is 1. The van der Waals surface area contributed by atoms with Gasteiger partial charge in [-0.15, -0.1) is 0 Å². The number of hydrogen-bond acceptors (Lipinski definition) is 7. The maximum atomic E-state index is 13.5. The molecule has 1 amide bonds. The second kappa shape index (κ2) is 59.4. The van der Waals surface area contributed by atoms with Crippen LogP contribution in [-0.2, 0) is 27.9 Å². The van der Waals surface area contributed by atoms with Crippen LogP contribution >= 0.6 is 7.82 Å². The summed E-state index contributed by atoms with van der Waals surface area (Å²) in [6.45, 7) is 6.68. The van der Waals surface area contributed by atoms with Crippen molar-refractivity contribution >= 4 is 19.7 Å². The van der Waals surface area contributed by atoms with Crippen molar-refractivity contribution in [3.8, 4) is 0 Å².